The molecule has 0 atom stereocenters. The van der Waals surface area contributed by atoms with Crippen LogP contribution < -0.4 is 10.5 Å². The topological polar surface area (TPSA) is 53.7 Å². The molecule has 150 valence electrons. The molecule has 0 spiro atoms. The fourth-order valence-electron chi connectivity index (χ4n) is 2.58. The highest BCUT2D eigenvalue weighted by atomic mass is 35.5. The Balaban J connectivity index is 2.39. The Labute approximate surface area is 164 Å². The summed E-state index contributed by atoms with van der Waals surface area (Å²) in [7, 11) is 0. The monoisotopic (exact) mass is 385 g/mol. The number of nitrogens with two attached hydrogens (primary N) is 1. The van der Waals surface area contributed by atoms with Crippen LogP contribution in [0.2, 0.25) is 5.02 Å². The SMILES string of the molecule is CCCCCCOCC(COCCCCCC)Oc1ccc(N)c(Cl)c1. The summed E-state index contributed by atoms with van der Waals surface area (Å²) in [6, 6.07) is 5.33. The molecule has 0 saturated heterocycles. The van der Waals surface area contributed by atoms with Crippen LogP contribution in [0.25, 0.3) is 0 Å². The quantitative estimate of drug-likeness (QED) is 0.286. The molecule has 0 heterocycles. The molecule has 26 heavy (non-hydrogen) atoms. The molecule has 0 aromatic heterocycles. The van der Waals surface area contributed by atoms with E-state index in [2.05, 4.69) is 13.8 Å². The third-order valence-electron chi connectivity index (χ3n) is 4.17. The lowest BCUT2D eigenvalue weighted by atomic mass is 10.2. The number of nitrogen functional groups attached to an aromatic ring is 1. The standard InChI is InChI=1S/C21H36ClNO3/c1-3-5-7-9-13-24-16-19(17-25-14-10-8-6-4-2)26-18-11-12-21(23)20(22)15-18/h11-12,15,19H,3-10,13-14,16-17,23H2,1-2H3. The molecule has 1 aromatic rings. The van der Waals surface area contributed by atoms with E-state index in [1.165, 1.54) is 38.5 Å². The fourth-order valence-corrected chi connectivity index (χ4v) is 2.75. The van der Waals surface area contributed by atoms with Crippen LogP contribution in [0.5, 0.6) is 5.75 Å². The molecule has 0 saturated carbocycles. The minimum Gasteiger partial charge on any atom is -0.486 e. The van der Waals surface area contributed by atoms with Gasteiger partial charge in [0.2, 0.25) is 0 Å². The van der Waals surface area contributed by atoms with E-state index < -0.39 is 0 Å². The van der Waals surface area contributed by atoms with Gasteiger partial charge in [0, 0.05) is 19.3 Å². The molecule has 1 rings (SSSR count). The van der Waals surface area contributed by atoms with Crippen LogP contribution in [-0.4, -0.2) is 32.5 Å². The van der Waals surface area contributed by atoms with Gasteiger partial charge in [-0.3, -0.25) is 0 Å². The molecule has 0 aliphatic rings. The first-order valence-corrected chi connectivity index (χ1v) is 10.4. The number of benzene rings is 1. The molecule has 0 radical (unpaired) electrons. The Morgan fingerprint density at radius 2 is 1.46 bits per heavy atom. The molecule has 5 heteroatoms. The van der Waals surface area contributed by atoms with E-state index in [1.54, 1.807) is 12.1 Å². The molecule has 0 unspecified atom stereocenters. The minimum absolute atomic E-state index is 0.146. The summed E-state index contributed by atoms with van der Waals surface area (Å²) in [4.78, 5) is 0. The Bertz CT molecular complexity index is 455. The molecule has 0 aliphatic heterocycles. The maximum atomic E-state index is 6.08. The van der Waals surface area contributed by atoms with E-state index in [9.17, 15) is 0 Å². The molecule has 0 aliphatic carbocycles. The first-order valence-electron chi connectivity index (χ1n) is 10.0. The van der Waals surface area contributed by atoms with Crippen LogP contribution in [-0.2, 0) is 9.47 Å². The number of unbranched alkanes of at least 4 members (excludes halogenated alkanes) is 6. The van der Waals surface area contributed by atoms with Crippen molar-refractivity contribution in [2.75, 3.05) is 32.2 Å². The van der Waals surface area contributed by atoms with Crippen molar-refractivity contribution in [2.24, 2.45) is 0 Å². The molecular formula is C21H36ClNO3. The highest BCUT2D eigenvalue weighted by Gasteiger charge is 2.12. The Morgan fingerprint density at radius 3 is 1.96 bits per heavy atom. The van der Waals surface area contributed by atoms with Gasteiger partial charge in [-0.25, -0.2) is 0 Å². The molecule has 1 aromatic carbocycles. The van der Waals surface area contributed by atoms with Gasteiger partial charge in [-0.05, 0) is 25.0 Å². The van der Waals surface area contributed by atoms with Crippen molar-refractivity contribution < 1.29 is 14.2 Å². The Hall–Kier alpha value is -0.970. The Morgan fingerprint density at radius 1 is 0.885 bits per heavy atom. The van der Waals surface area contributed by atoms with Crippen molar-refractivity contribution in [1.82, 2.24) is 0 Å². The molecular weight excluding hydrogens is 350 g/mol. The second-order valence-corrected chi connectivity index (χ2v) is 7.10. The van der Waals surface area contributed by atoms with Gasteiger partial charge in [-0.15, -0.1) is 0 Å². The van der Waals surface area contributed by atoms with Crippen molar-refractivity contribution in [3.8, 4) is 5.75 Å². The van der Waals surface area contributed by atoms with E-state index in [0.717, 1.165) is 26.1 Å². The number of halogens is 1. The molecule has 4 nitrogen and oxygen atoms in total. The van der Waals surface area contributed by atoms with Crippen molar-refractivity contribution in [3.05, 3.63) is 23.2 Å². The van der Waals surface area contributed by atoms with Crippen LogP contribution in [0.4, 0.5) is 5.69 Å². The number of hydrogen-bond donors (Lipinski definition) is 1. The predicted molar refractivity (Wildman–Crippen MR) is 110 cm³/mol. The summed E-state index contributed by atoms with van der Waals surface area (Å²) in [5.41, 5.74) is 6.31. The van der Waals surface area contributed by atoms with E-state index in [-0.39, 0.29) is 6.10 Å². The summed E-state index contributed by atoms with van der Waals surface area (Å²) >= 11 is 6.08. The second-order valence-electron chi connectivity index (χ2n) is 6.69. The zero-order valence-corrected chi connectivity index (χ0v) is 17.2. The van der Waals surface area contributed by atoms with Crippen molar-refractivity contribution in [3.63, 3.8) is 0 Å². The third kappa shape index (κ3) is 10.9. The van der Waals surface area contributed by atoms with Gasteiger partial charge in [-0.1, -0.05) is 64.0 Å². The smallest absolute Gasteiger partial charge is 0.145 e. The van der Waals surface area contributed by atoms with Crippen LogP contribution >= 0.6 is 11.6 Å². The molecule has 0 bridgehead atoms. The second kappa shape index (κ2) is 15.1. The largest absolute Gasteiger partial charge is 0.486 e. The number of hydrogen-bond acceptors (Lipinski definition) is 4. The lowest BCUT2D eigenvalue weighted by molar-refractivity contribution is -0.00777. The zero-order chi connectivity index (χ0) is 19.0. The molecule has 0 amide bonds. The Kier molecular flexibility index (Phi) is 13.4. The van der Waals surface area contributed by atoms with E-state index in [1.807, 2.05) is 6.07 Å². The van der Waals surface area contributed by atoms with Crippen LogP contribution in [0, 0.1) is 0 Å². The molecule has 2 N–H and O–H groups in total. The first kappa shape index (κ1) is 23.1. The maximum Gasteiger partial charge on any atom is 0.145 e. The maximum absolute atomic E-state index is 6.08. The average Bonchev–Trinajstić information content (AvgIpc) is 2.63. The highest BCUT2D eigenvalue weighted by Crippen LogP contribution is 2.25. The number of anilines is 1. The average molecular weight is 386 g/mol. The van der Waals surface area contributed by atoms with Gasteiger partial charge < -0.3 is 19.9 Å². The summed E-state index contributed by atoms with van der Waals surface area (Å²) in [6.07, 6.45) is 9.44. The third-order valence-corrected chi connectivity index (χ3v) is 4.49. The lowest BCUT2D eigenvalue weighted by Gasteiger charge is -2.20. The van der Waals surface area contributed by atoms with Gasteiger partial charge >= 0.3 is 0 Å². The van der Waals surface area contributed by atoms with E-state index in [0.29, 0.717) is 29.7 Å². The minimum atomic E-state index is -0.146. The summed E-state index contributed by atoms with van der Waals surface area (Å²) < 4.78 is 17.6. The normalized spacial score (nSPS) is 11.2. The van der Waals surface area contributed by atoms with Gasteiger partial charge in [0.25, 0.3) is 0 Å². The van der Waals surface area contributed by atoms with Crippen molar-refractivity contribution in [2.45, 2.75) is 71.3 Å². The van der Waals surface area contributed by atoms with Crippen LogP contribution in [0.3, 0.4) is 0 Å². The number of rotatable bonds is 16. The van der Waals surface area contributed by atoms with E-state index in [4.69, 9.17) is 31.5 Å². The van der Waals surface area contributed by atoms with Gasteiger partial charge in [0.05, 0.1) is 23.9 Å². The van der Waals surface area contributed by atoms with Gasteiger partial charge in [-0.2, -0.15) is 0 Å². The van der Waals surface area contributed by atoms with Crippen LogP contribution in [0.15, 0.2) is 18.2 Å². The summed E-state index contributed by atoms with van der Waals surface area (Å²) in [5, 5.41) is 0.502. The van der Waals surface area contributed by atoms with E-state index >= 15 is 0 Å². The number of ether oxygens (including phenoxy) is 3. The predicted octanol–water partition coefficient (Wildman–Crippen LogP) is 5.86. The van der Waals surface area contributed by atoms with Gasteiger partial charge in [0.15, 0.2) is 0 Å². The fraction of sp³-hybridized carbons (Fsp3) is 0.714. The van der Waals surface area contributed by atoms with Crippen LogP contribution in [0.1, 0.15) is 65.2 Å². The molecule has 0 fully saturated rings. The highest BCUT2D eigenvalue weighted by molar-refractivity contribution is 6.33. The lowest BCUT2D eigenvalue weighted by Crippen LogP contribution is -2.29. The van der Waals surface area contributed by atoms with Gasteiger partial charge in [0.1, 0.15) is 11.9 Å². The first-order chi connectivity index (χ1) is 12.7. The van der Waals surface area contributed by atoms with Crippen molar-refractivity contribution >= 4 is 17.3 Å². The summed E-state index contributed by atoms with van der Waals surface area (Å²) in [6.45, 7) is 6.98. The summed E-state index contributed by atoms with van der Waals surface area (Å²) in [5.74, 6) is 0.693. The zero-order valence-electron chi connectivity index (χ0n) is 16.5. The van der Waals surface area contributed by atoms with Crippen molar-refractivity contribution in [1.29, 1.82) is 0 Å².